The average molecular weight is 382 g/mol. The van der Waals surface area contributed by atoms with Crippen molar-refractivity contribution in [2.45, 2.75) is 31.2 Å². The van der Waals surface area contributed by atoms with Gasteiger partial charge < -0.3 is 5.32 Å². The SMILES string of the molecule is Cc1ccccc1CNC(=O)CCCNS(=O)(=O)c1ccc(F)cc1F. The first-order chi connectivity index (χ1) is 12.3. The van der Waals surface area contributed by atoms with Crippen molar-refractivity contribution in [3.8, 4) is 0 Å². The van der Waals surface area contributed by atoms with Crippen molar-refractivity contribution in [3.63, 3.8) is 0 Å². The average Bonchev–Trinajstić information content (AvgIpc) is 2.57. The van der Waals surface area contributed by atoms with Gasteiger partial charge in [0.2, 0.25) is 15.9 Å². The summed E-state index contributed by atoms with van der Waals surface area (Å²) in [6.07, 6.45) is 0.377. The second-order valence-electron chi connectivity index (χ2n) is 5.78. The number of nitrogens with one attached hydrogen (secondary N) is 2. The summed E-state index contributed by atoms with van der Waals surface area (Å²) in [6.45, 7) is 2.32. The Bertz CT molecular complexity index is 886. The van der Waals surface area contributed by atoms with Crippen LogP contribution in [0.2, 0.25) is 0 Å². The number of sulfonamides is 1. The molecule has 1 amide bonds. The van der Waals surface area contributed by atoms with Gasteiger partial charge in [-0.25, -0.2) is 21.9 Å². The second-order valence-corrected chi connectivity index (χ2v) is 7.51. The van der Waals surface area contributed by atoms with E-state index in [0.717, 1.165) is 23.3 Å². The third-order valence-corrected chi connectivity index (χ3v) is 5.29. The molecule has 0 unspecified atom stereocenters. The highest BCUT2D eigenvalue weighted by atomic mass is 32.2. The first-order valence-electron chi connectivity index (χ1n) is 8.05. The molecule has 0 spiro atoms. The van der Waals surface area contributed by atoms with Crippen LogP contribution in [0, 0.1) is 18.6 Å². The lowest BCUT2D eigenvalue weighted by Crippen LogP contribution is -2.28. The Morgan fingerprint density at radius 1 is 1.12 bits per heavy atom. The smallest absolute Gasteiger partial charge is 0.243 e. The molecule has 0 saturated heterocycles. The van der Waals surface area contributed by atoms with E-state index in [9.17, 15) is 22.0 Å². The third kappa shape index (κ3) is 5.60. The van der Waals surface area contributed by atoms with Gasteiger partial charge in [0.1, 0.15) is 16.5 Å². The molecule has 140 valence electrons. The van der Waals surface area contributed by atoms with E-state index < -0.39 is 26.6 Å². The summed E-state index contributed by atoms with van der Waals surface area (Å²) in [5.41, 5.74) is 2.08. The molecule has 2 rings (SSSR count). The molecule has 0 saturated carbocycles. The highest BCUT2D eigenvalue weighted by Crippen LogP contribution is 2.15. The van der Waals surface area contributed by atoms with Crippen molar-refractivity contribution in [3.05, 3.63) is 65.2 Å². The summed E-state index contributed by atoms with van der Waals surface area (Å²) >= 11 is 0. The van der Waals surface area contributed by atoms with Gasteiger partial charge in [-0.3, -0.25) is 4.79 Å². The molecule has 0 fully saturated rings. The highest BCUT2D eigenvalue weighted by molar-refractivity contribution is 7.89. The zero-order chi connectivity index (χ0) is 19.2. The molecule has 2 aromatic carbocycles. The van der Waals surface area contributed by atoms with Crippen molar-refractivity contribution in [2.75, 3.05) is 6.54 Å². The Kier molecular flexibility index (Phi) is 6.82. The largest absolute Gasteiger partial charge is 0.352 e. The van der Waals surface area contributed by atoms with Crippen LogP contribution < -0.4 is 10.0 Å². The van der Waals surface area contributed by atoms with Crippen molar-refractivity contribution in [2.24, 2.45) is 0 Å². The monoisotopic (exact) mass is 382 g/mol. The first kappa shape index (κ1) is 20.0. The van der Waals surface area contributed by atoms with Gasteiger partial charge in [-0.15, -0.1) is 0 Å². The molecule has 0 heterocycles. The number of rotatable bonds is 8. The lowest BCUT2D eigenvalue weighted by atomic mass is 10.1. The van der Waals surface area contributed by atoms with Crippen molar-refractivity contribution < 1.29 is 22.0 Å². The molecule has 26 heavy (non-hydrogen) atoms. The lowest BCUT2D eigenvalue weighted by molar-refractivity contribution is -0.121. The fraction of sp³-hybridized carbons (Fsp3) is 0.278. The maximum atomic E-state index is 13.6. The number of amides is 1. The number of carbonyl (C=O) groups is 1. The summed E-state index contributed by atoms with van der Waals surface area (Å²) in [5, 5.41) is 2.77. The highest BCUT2D eigenvalue weighted by Gasteiger charge is 2.19. The molecule has 0 aromatic heterocycles. The van der Waals surface area contributed by atoms with E-state index in [0.29, 0.717) is 12.6 Å². The molecule has 5 nitrogen and oxygen atoms in total. The molecule has 0 aliphatic rings. The van der Waals surface area contributed by atoms with E-state index in [-0.39, 0.29) is 25.3 Å². The third-order valence-electron chi connectivity index (χ3n) is 3.79. The predicted octanol–water partition coefficient (Wildman–Crippen LogP) is 2.65. The fourth-order valence-corrected chi connectivity index (χ4v) is 3.45. The minimum atomic E-state index is -4.09. The van der Waals surface area contributed by atoms with Crippen molar-refractivity contribution >= 4 is 15.9 Å². The van der Waals surface area contributed by atoms with Crippen molar-refractivity contribution in [1.82, 2.24) is 10.0 Å². The minimum Gasteiger partial charge on any atom is -0.352 e. The number of benzene rings is 2. The summed E-state index contributed by atoms with van der Waals surface area (Å²) in [6, 6.07) is 9.91. The van der Waals surface area contributed by atoms with E-state index in [1.165, 1.54) is 0 Å². The number of halogens is 2. The van der Waals surface area contributed by atoms with Gasteiger partial charge in [0.05, 0.1) is 0 Å². The van der Waals surface area contributed by atoms with Crippen LogP contribution in [0.4, 0.5) is 8.78 Å². The van der Waals surface area contributed by atoms with Gasteiger partial charge in [0.25, 0.3) is 0 Å². The van der Waals surface area contributed by atoms with Crippen LogP contribution in [-0.2, 0) is 21.4 Å². The topological polar surface area (TPSA) is 75.3 Å². The van der Waals surface area contributed by atoms with E-state index in [1.807, 2.05) is 31.2 Å². The van der Waals surface area contributed by atoms with E-state index in [4.69, 9.17) is 0 Å². The molecule has 0 aliphatic carbocycles. The number of hydrogen-bond acceptors (Lipinski definition) is 3. The van der Waals surface area contributed by atoms with Crippen LogP contribution >= 0.6 is 0 Å². The van der Waals surface area contributed by atoms with Gasteiger partial charge in [0.15, 0.2) is 0 Å². The molecule has 0 aliphatic heterocycles. The predicted molar refractivity (Wildman–Crippen MR) is 93.8 cm³/mol. The van der Waals surface area contributed by atoms with Gasteiger partial charge in [-0.1, -0.05) is 24.3 Å². The molecule has 0 atom stereocenters. The number of carbonyl (C=O) groups excluding carboxylic acids is 1. The molecule has 0 bridgehead atoms. The van der Waals surface area contributed by atoms with Gasteiger partial charge >= 0.3 is 0 Å². The van der Waals surface area contributed by atoms with E-state index in [2.05, 4.69) is 10.0 Å². The Hall–Kier alpha value is -2.32. The van der Waals surface area contributed by atoms with Crippen LogP contribution in [-0.4, -0.2) is 20.9 Å². The first-order valence-corrected chi connectivity index (χ1v) is 9.54. The van der Waals surface area contributed by atoms with Gasteiger partial charge in [-0.05, 0) is 36.6 Å². The van der Waals surface area contributed by atoms with Crippen LogP contribution in [0.5, 0.6) is 0 Å². The van der Waals surface area contributed by atoms with Crippen LogP contribution in [0.15, 0.2) is 47.4 Å². The molecular formula is C18H20F2N2O3S. The van der Waals surface area contributed by atoms with Crippen LogP contribution in [0.1, 0.15) is 24.0 Å². The standard InChI is InChI=1S/C18H20F2N2O3S/c1-13-5-2-3-6-14(13)12-21-18(23)7-4-10-22-26(24,25)17-9-8-15(19)11-16(17)20/h2-3,5-6,8-9,11,22H,4,7,10,12H2,1H3,(H,21,23). The molecule has 2 aromatic rings. The molecule has 0 radical (unpaired) electrons. The summed E-state index contributed by atoms with van der Waals surface area (Å²) in [4.78, 5) is 11.2. The van der Waals surface area contributed by atoms with Gasteiger partial charge in [-0.2, -0.15) is 0 Å². The maximum Gasteiger partial charge on any atom is 0.243 e. The second kappa shape index (κ2) is 8.86. The Labute approximate surface area is 151 Å². The van der Waals surface area contributed by atoms with Crippen LogP contribution in [0.25, 0.3) is 0 Å². The quantitative estimate of drug-likeness (QED) is 0.689. The van der Waals surface area contributed by atoms with Crippen LogP contribution in [0.3, 0.4) is 0 Å². The van der Waals surface area contributed by atoms with Gasteiger partial charge in [0, 0.05) is 25.6 Å². The maximum absolute atomic E-state index is 13.6. The minimum absolute atomic E-state index is 0.0308. The summed E-state index contributed by atoms with van der Waals surface area (Å²) in [5.74, 6) is -2.22. The lowest BCUT2D eigenvalue weighted by Gasteiger charge is -2.09. The zero-order valence-corrected chi connectivity index (χ0v) is 15.1. The Morgan fingerprint density at radius 3 is 2.54 bits per heavy atom. The zero-order valence-electron chi connectivity index (χ0n) is 14.3. The number of aryl methyl sites for hydroxylation is 1. The molecule has 8 heteroatoms. The van der Waals surface area contributed by atoms with Crippen molar-refractivity contribution in [1.29, 1.82) is 0 Å². The molecular weight excluding hydrogens is 362 g/mol. The number of hydrogen-bond donors (Lipinski definition) is 2. The van der Waals surface area contributed by atoms with E-state index >= 15 is 0 Å². The Balaban J connectivity index is 1.77. The van der Waals surface area contributed by atoms with E-state index in [1.54, 1.807) is 0 Å². The normalized spacial score (nSPS) is 11.3. The fourth-order valence-electron chi connectivity index (χ4n) is 2.32. The summed E-state index contributed by atoms with van der Waals surface area (Å²) < 4.78 is 52.6. The Morgan fingerprint density at radius 2 is 1.85 bits per heavy atom. The summed E-state index contributed by atoms with van der Waals surface area (Å²) in [7, 11) is -4.09. The molecule has 2 N–H and O–H groups in total.